The highest BCUT2D eigenvalue weighted by atomic mass is 16.5. The molecule has 1 aromatic rings. The van der Waals surface area contributed by atoms with E-state index in [1.54, 1.807) is 24.3 Å². The van der Waals surface area contributed by atoms with Crippen molar-refractivity contribution >= 4 is 17.6 Å². The highest BCUT2D eigenvalue weighted by molar-refractivity contribution is 5.88. The van der Waals surface area contributed by atoms with Crippen LogP contribution >= 0.6 is 0 Å². The lowest BCUT2D eigenvalue weighted by Gasteiger charge is -2.11. The van der Waals surface area contributed by atoms with E-state index in [1.807, 2.05) is 0 Å². The van der Waals surface area contributed by atoms with Gasteiger partial charge in [0.15, 0.2) is 0 Å². The lowest BCUT2D eigenvalue weighted by atomic mass is 10.1. The van der Waals surface area contributed by atoms with E-state index in [1.165, 1.54) is 14.0 Å². The van der Waals surface area contributed by atoms with Crippen molar-refractivity contribution in [2.45, 2.75) is 19.4 Å². The minimum Gasteiger partial charge on any atom is -0.469 e. The monoisotopic (exact) mass is 237 g/mol. The average Bonchev–Trinajstić information content (AvgIpc) is 2.28. The Morgan fingerprint density at radius 3 is 2.76 bits per heavy atom. The molecule has 0 aliphatic carbocycles. The van der Waals surface area contributed by atoms with Crippen molar-refractivity contribution in [2.75, 3.05) is 12.4 Å². The number of hydrogen-bond donors (Lipinski definition) is 2. The first-order valence-electron chi connectivity index (χ1n) is 5.15. The smallest absolute Gasteiger partial charge is 0.308 e. The number of amides is 1. The molecule has 1 aromatic carbocycles. The number of ether oxygens (including phenoxy) is 1. The Morgan fingerprint density at radius 2 is 2.18 bits per heavy atom. The Balaban J connectivity index is 2.76. The minimum atomic E-state index is -0.934. The van der Waals surface area contributed by atoms with Crippen LogP contribution < -0.4 is 5.32 Å². The molecule has 0 aliphatic heterocycles. The number of hydrogen-bond acceptors (Lipinski definition) is 4. The quantitative estimate of drug-likeness (QED) is 0.772. The Morgan fingerprint density at radius 1 is 1.47 bits per heavy atom. The number of anilines is 1. The van der Waals surface area contributed by atoms with Gasteiger partial charge in [0.1, 0.15) is 0 Å². The molecule has 0 fully saturated rings. The van der Waals surface area contributed by atoms with Gasteiger partial charge in [-0.25, -0.2) is 0 Å². The molecule has 0 aliphatic rings. The third-order valence-corrected chi connectivity index (χ3v) is 2.18. The van der Waals surface area contributed by atoms with E-state index >= 15 is 0 Å². The number of esters is 1. The van der Waals surface area contributed by atoms with E-state index < -0.39 is 12.1 Å². The number of methoxy groups -OCH3 is 1. The zero-order valence-corrected chi connectivity index (χ0v) is 9.77. The number of carbonyl (C=O) groups is 2. The Bertz CT molecular complexity index is 417. The highest BCUT2D eigenvalue weighted by Gasteiger charge is 2.13. The van der Waals surface area contributed by atoms with Crippen LogP contribution in [0.5, 0.6) is 0 Å². The first kappa shape index (κ1) is 13.2. The van der Waals surface area contributed by atoms with Gasteiger partial charge in [-0.3, -0.25) is 9.59 Å². The summed E-state index contributed by atoms with van der Waals surface area (Å²) in [5.74, 6) is -0.674. The van der Waals surface area contributed by atoms with Gasteiger partial charge in [0.05, 0.1) is 19.6 Å². The van der Waals surface area contributed by atoms with E-state index in [4.69, 9.17) is 0 Å². The lowest BCUT2D eigenvalue weighted by Crippen LogP contribution is -2.09. The van der Waals surface area contributed by atoms with E-state index in [0.717, 1.165) is 0 Å². The second-order valence-electron chi connectivity index (χ2n) is 3.60. The standard InChI is InChI=1S/C12H15NO4/c1-8(14)13-10-5-3-4-9(6-10)11(15)7-12(16)17-2/h3-6,11,15H,7H2,1-2H3,(H,13,14). The molecule has 5 nitrogen and oxygen atoms in total. The summed E-state index contributed by atoms with van der Waals surface area (Å²) in [6.07, 6.45) is -1.05. The van der Waals surface area contributed by atoms with Crippen LogP contribution in [0.25, 0.3) is 0 Å². The molecular formula is C12H15NO4. The third kappa shape index (κ3) is 4.24. The van der Waals surface area contributed by atoms with Crippen LogP contribution in [0.15, 0.2) is 24.3 Å². The average molecular weight is 237 g/mol. The van der Waals surface area contributed by atoms with Gasteiger partial charge >= 0.3 is 5.97 Å². The molecule has 0 spiro atoms. The van der Waals surface area contributed by atoms with Crippen molar-refractivity contribution in [2.24, 2.45) is 0 Å². The van der Waals surface area contributed by atoms with Gasteiger partial charge in [-0.2, -0.15) is 0 Å². The SMILES string of the molecule is COC(=O)CC(O)c1cccc(NC(C)=O)c1. The number of rotatable bonds is 4. The van der Waals surface area contributed by atoms with Gasteiger partial charge in [0.2, 0.25) is 5.91 Å². The second kappa shape index (κ2) is 6.00. The molecule has 2 N–H and O–H groups in total. The normalized spacial score (nSPS) is 11.7. The number of aliphatic hydroxyl groups is 1. The summed E-state index contributed by atoms with van der Waals surface area (Å²) in [4.78, 5) is 21.9. The summed E-state index contributed by atoms with van der Waals surface area (Å²) in [6.45, 7) is 1.40. The first-order valence-corrected chi connectivity index (χ1v) is 5.15. The van der Waals surface area contributed by atoms with Gasteiger partial charge in [0, 0.05) is 12.6 Å². The first-order chi connectivity index (χ1) is 8.02. The summed E-state index contributed by atoms with van der Waals surface area (Å²) in [7, 11) is 1.27. The van der Waals surface area contributed by atoms with E-state index in [2.05, 4.69) is 10.1 Å². The fourth-order valence-electron chi connectivity index (χ4n) is 1.39. The van der Waals surface area contributed by atoms with E-state index in [0.29, 0.717) is 11.3 Å². The van der Waals surface area contributed by atoms with Crippen molar-refractivity contribution in [1.29, 1.82) is 0 Å². The summed E-state index contributed by atoms with van der Waals surface area (Å²) in [5.41, 5.74) is 1.14. The number of aliphatic hydroxyl groups excluding tert-OH is 1. The van der Waals surface area contributed by atoms with E-state index in [-0.39, 0.29) is 12.3 Å². The molecule has 0 saturated heterocycles. The Labute approximate surface area is 99.4 Å². The molecule has 0 heterocycles. The second-order valence-corrected chi connectivity index (χ2v) is 3.60. The molecule has 0 radical (unpaired) electrons. The maximum atomic E-state index is 11.0. The lowest BCUT2D eigenvalue weighted by molar-refractivity contribution is -0.142. The Hall–Kier alpha value is -1.88. The molecule has 5 heteroatoms. The third-order valence-electron chi connectivity index (χ3n) is 2.18. The van der Waals surface area contributed by atoms with Crippen LogP contribution in [0.2, 0.25) is 0 Å². The molecule has 1 rings (SSSR count). The molecule has 17 heavy (non-hydrogen) atoms. The van der Waals surface area contributed by atoms with Crippen molar-refractivity contribution in [3.8, 4) is 0 Å². The van der Waals surface area contributed by atoms with Crippen LogP contribution in [0.1, 0.15) is 25.0 Å². The maximum Gasteiger partial charge on any atom is 0.308 e. The van der Waals surface area contributed by atoms with Gasteiger partial charge in [-0.1, -0.05) is 12.1 Å². The fraction of sp³-hybridized carbons (Fsp3) is 0.333. The van der Waals surface area contributed by atoms with Crippen LogP contribution in [0.4, 0.5) is 5.69 Å². The summed E-state index contributed by atoms with van der Waals surface area (Å²) in [6, 6.07) is 6.70. The maximum absolute atomic E-state index is 11.0. The molecule has 0 saturated carbocycles. The van der Waals surface area contributed by atoms with Crippen molar-refractivity contribution in [1.82, 2.24) is 0 Å². The molecule has 1 amide bonds. The van der Waals surface area contributed by atoms with Crippen molar-refractivity contribution in [3.05, 3.63) is 29.8 Å². The molecule has 92 valence electrons. The van der Waals surface area contributed by atoms with Crippen molar-refractivity contribution < 1.29 is 19.4 Å². The highest BCUT2D eigenvalue weighted by Crippen LogP contribution is 2.20. The van der Waals surface area contributed by atoms with Crippen LogP contribution in [-0.4, -0.2) is 24.1 Å². The summed E-state index contributed by atoms with van der Waals surface area (Å²) in [5, 5.41) is 12.4. The number of benzene rings is 1. The molecular weight excluding hydrogens is 222 g/mol. The molecule has 0 aromatic heterocycles. The topological polar surface area (TPSA) is 75.6 Å². The molecule has 0 bridgehead atoms. The fourth-order valence-corrected chi connectivity index (χ4v) is 1.39. The summed E-state index contributed by atoms with van der Waals surface area (Å²) >= 11 is 0. The van der Waals surface area contributed by atoms with Crippen LogP contribution in [0.3, 0.4) is 0 Å². The zero-order chi connectivity index (χ0) is 12.8. The van der Waals surface area contributed by atoms with Crippen LogP contribution in [-0.2, 0) is 14.3 Å². The zero-order valence-electron chi connectivity index (χ0n) is 9.77. The number of carbonyl (C=O) groups excluding carboxylic acids is 2. The van der Waals surface area contributed by atoms with Gasteiger partial charge < -0.3 is 15.2 Å². The summed E-state index contributed by atoms with van der Waals surface area (Å²) < 4.78 is 4.47. The van der Waals surface area contributed by atoms with Crippen LogP contribution in [0, 0.1) is 0 Å². The molecule has 1 atom stereocenters. The minimum absolute atomic E-state index is 0.111. The van der Waals surface area contributed by atoms with Gasteiger partial charge in [-0.05, 0) is 17.7 Å². The Kier molecular flexibility index (Phi) is 4.66. The largest absolute Gasteiger partial charge is 0.469 e. The van der Waals surface area contributed by atoms with Crippen molar-refractivity contribution in [3.63, 3.8) is 0 Å². The predicted molar refractivity (Wildman–Crippen MR) is 62.3 cm³/mol. The molecule has 1 unspecified atom stereocenters. The van der Waals surface area contributed by atoms with Gasteiger partial charge in [0.25, 0.3) is 0 Å². The van der Waals surface area contributed by atoms with Gasteiger partial charge in [-0.15, -0.1) is 0 Å². The van der Waals surface area contributed by atoms with E-state index in [9.17, 15) is 14.7 Å². The number of nitrogens with one attached hydrogen (secondary N) is 1. The predicted octanol–water partition coefficient (Wildman–Crippen LogP) is 1.24.